The van der Waals surface area contributed by atoms with Gasteiger partial charge in [-0.2, -0.15) is 5.10 Å². The maximum Gasteiger partial charge on any atom is 0.225 e. The van der Waals surface area contributed by atoms with Crippen molar-refractivity contribution in [1.82, 2.24) is 20.4 Å². The van der Waals surface area contributed by atoms with Crippen molar-refractivity contribution in [3.8, 4) is 0 Å². The summed E-state index contributed by atoms with van der Waals surface area (Å²) < 4.78 is 1.87. The van der Waals surface area contributed by atoms with E-state index in [1.54, 1.807) is 0 Å². The molecule has 6 heteroatoms. The van der Waals surface area contributed by atoms with Crippen LogP contribution in [0.4, 0.5) is 0 Å². The molecular formula is C13H21ClN4O. The first-order valence-corrected chi connectivity index (χ1v) is 6.75. The van der Waals surface area contributed by atoms with Gasteiger partial charge in [-0.05, 0) is 38.3 Å². The van der Waals surface area contributed by atoms with Crippen LogP contribution >= 0.6 is 12.4 Å². The zero-order valence-corrected chi connectivity index (χ0v) is 11.9. The molecule has 3 rings (SSSR count). The summed E-state index contributed by atoms with van der Waals surface area (Å²) in [4.78, 5) is 12.1. The second-order valence-corrected chi connectivity index (χ2v) is 5.39. The monoisotopic (exact) mass is 284 g/mol. The highest BCUT2D eigenvalue weighted by atomic mass is 35.5. The maximum absolute atomic E-state index is 12.1. The fraction of sp³-hybridized carbons (Fsp3) is 0.692. The molecule has 2 fully saturated rings. The first-order chi connectivity index (χ1) is 8.74. The Kier molecular flexibility index (Phi) is 4.47. The van der Waals surface area contributed by atoms with Crippen LogP contribution in [-0.2, 0) is 11.3 Å². The molecule has 1 saturated heterocycles. The van der Waals surface area contributed by atoms with E-state index in [2.05, 4.69) is 15.7 Å². The smallest absolute Gasteiger partial charge is 0.225 e. The van der Waals surface area contributed by atoms with Gasteiger partial charge in [0.15, 0.2) is 0 Å². The standard InChI is InChI=1S/C13H20N4O.ClH/c1-9-4-6-17(16-9)7-5-14-13(18)12-10-2-3-11(12)15-8-10;/h4,6,10-12,15H,2-3,5,7-8H2,1H3,(H,14,18);1H/t10-,11-,12+;/m0./s1. The molecule has 3 atom stereocenters. The van der Waals surface area contributed by atoms with E-state index >= 15 is 0 Å². The molecule has 0 radical (unpaired) electrons. The fourth-order valence-corrected chi connectivity index (χ4v) is 3.24. The molecule has 2 N–H and O–H groups in total. The Morgan fingerprint density at radius 3 is 2.95 bits per heavy atom. The number of hydrogen-bond acceptors (Lipinski definition) is 3. The number of piperidine rings is 1. The highest BCUT2D eigenvalue weighted by Crippen LogP contribution is 2.36. The number of rotatable bonds is 4. The van der Waals surface area contributed by atoms with E-state index in [1.165, 1.54) is 6.42 Å². The average molecular weight is 285 g/mol. The molecule has 1 aliphatic carbocycles. The number of halogens is 1. The minimum Gasteiger partial charge on any atom is -0.354 e. The van der Waals surface area contributed by atoms with Gasteiger partial charge in [0.05, 0.1) is 18.2 Å². The molecular weight excluding hydrogens is 264 g/mol. The van der Waals surface area contributed by atoms with Crippen LogP contribution in [0, 0.1) is 18.8 Å². The lowest BCUT2D eigenvalue weighted by molar-refractivity contribution is -0.125. The van der Waals surface area contributed by atoms with E-state index < -0.39 is 0 Å². The van der Waals surface area contributed by atoms with Gasteiger partial charge in [-0.1, -0.05) is 0 Å². The van der Waals surface area contributed by atoms with Crippen molar-refractivity contribution < 1.29 is 4.79 Å². The third-order valence-electron chi connectivity index (χ3n) is 4.15. The summed E-state index contributed by atoms with van der Waals surface area (Å²) in [6, 6.07) is 2.39. The molecule has 1 saturated carbocycles. The number of carbonyl (C=O) groups is 1. The van der Waals surface area contributed by atoms with Crippen LogP contribution < -0.4 is 10.6 Å². The fourth-order valence-electron chi connectivity index (χ4n) is 3.24. The SMILES string of the molecule is Cc1ccn(CCNC(=O)[C@@H]2[C@H]3CC[C@@H]2NC3)n1.Cl. The lowest BCUT2D eigenvalue weighted by atomic mass is 9.97. The summed E-state index contributed by atoms with van der Waals surface area (Å²) in [6.45, 7) is 4.39. The quantitative estimate of drug-likeness (QED) is 0.857. The van der Waals surface area contributed by atoms with Crippen molar-refractivity contribution in [3.63, 3.8) is 0 Å². The molecule has 106 valence electrons. The van der Waals surface area contributed by atoms with E-state index in [9.17, 15) is 4.79 Å². The number of aromatic nitrogens is 2. The van der Waals surface area contributed by atoms with Gasteiger partial charge in [0, 0.05) is 18.8 Å². The Bertz CT molecular complexity index is 428. The lowest BCUT2D eigenvalue weighted by Gasteiger charge is -2.14. The summed E-state index contributed by atoms with van der Waals surface area (Å²) in [5.74, 6) is 0.975. The predicted molar refractivity (Wildman–Crippen MR) is 75.2 cm³/mol. The first-order valence-electron chi connectivity index (χ1n) is 6.75. The van der Waals surface area contributed by atoms with E-state index in [0.717, 1.165) is 25.2 Å². The molecule has 2 heterocycles. The molecule has 1 aromatic heterocycles. The summed E-state index contributed by atoms with van der Waals surface area (Å²) in [5.41, 5.74) is 1.01. The van der Waals surface area contributed by atoms with Crippen LogP contribution in [0.3, 0.4) is 0 Å². The molecule has 1 aromatic rings. The molecule has 1 amide bonds. The highest BCUT2D eigenvalue weighted by Gasteiger charge is 2.45. The number of hydrogen-bond donors (Lipinski definition) is 2. The van der Waals surface area contributed by atoms with Crippen molar-refractivity contribution in [1.29, 1.82) is 0 Å². The molecule has 0 unspecified atom stereocenters. The summed E-state index contributed by atoms with van der Waals surface area (Å²) in [5, 5.41) is 10.8. The van der Waals surface area contributed by atoms with Crippen molar-refractivity contribution in [2.75, 3.05) is 13.1 Å². The van der Waals surface area contributed by atoms with Crippen LogP contribution in [0.15, 0.2) is 12.3 Å². The molecule has 0 spiro atoms. The van der Waals surface area contributed by atoms with Crippen LogP contribution in [0.25, 0.3) is 0 Å². The molecule has 0 aromatic carbocycles. The Morgan fingerprint density at radius 1 is 1.58 bits per heavy atom. The highest BCUT2D eigenvalue weighted by molar-refractivity contribution is 5.85. The van der Waals surface area contributed by atoms with Crippen molar-refractivity contribution in [2.24, 2.45) is 11.8 Å². The second-order valence-electron chi connectivity index (χ2n) is 5.39. The summed E-state index contributed by atoms with van der Waals surface area (Å²) in [6.07, 6.45) is 4.30. The normalized spacial score (nSPS) is 28.2. The van der Waals surface area contributed by atoms with Crippen molar-refractivity contribution in [2.45, 2.75) is 32.4 Å². The van der Waals surface area contributed by atoms with E-state index in [0.29, 0.717) is 18.5 Å². The van der Waals surface area contributed by atoms with Gasteiger partial charge in [0.1, 0.15) is 0 Å². The third-order valence-corrected chi connectivity index (χ3v) is 4.15. The van der Waals surface area contributed by atoms with Crippen LogP contribution in [0.2, 0.25) is 0 Å². The van der Waals surface area contributed by atoms with Gasteiger partial charge in [-0.25, -0.2) is 0 Å². The number of carbonyl (C=O) groups excluding carboxylic acids is 1. The first kappa shape index (κ1) is 14.3. The second kappa shape index (κ2) is 5.92. The largest absolute Gasteiger partial charge is 0.354 e. The number of nitrogens with one attached hydrogen (secondary N) is 2. The Hall–Kier alpha value is -1.07. The van der Waals surface area contributed by atoms with E-state index in [-0.39, 0.29) is 24.2 Å². The van der Waals surface area contributed by atoms with Gasteiger partial charge in [0.2, 0.25) is 5.91 Å². The topological polar surface area (TPSA) is 59.0 Å². The number of nitrogens with zero attached hydrogens (tertiary/aromatic N) is 2. The van der Waals surface area contributed by atoms with Crippen molar-refractivity contribution in [3.05, 3.63) is 18.0 Å². The Labute approximate surface area is 119 Å². The zero-order chi connectivity index (χ0) is 12.5. The van der Waals surface area contributed by atoms with Gasteiger partial charge in [-0.15, -0.1) is 12.4 Å². The van der Waals surface area contributed by atoms with Crippen LogP contribution in [0.5, 0.6) is 0 Å². The van der Waals surface area contributed by atoms with Crippen molar-refractivity contribution >= 4 is 18.3 Å². The van der Waals surface area contributed by atoms with Crippen LogP contribution in [-0.4, -0.2) is 34.8 Å². The molecule has 5 nitrogen and oxygen atoms in total. The summed E-state index contributed by atoms with van der Waals surface area (Å²) >= 11 is 0. The number of aryl methyl sites for hydroxylation is 1. The van der Waals surface area contributed by atoms with Gasteiger partial charge >= 0.3 is 0 Å². The van der Waals surface area contributed by atoms with Gasteiger partial charge in [-0.3, -0.25) is 9.48 Å². The van der Waals surface area contributed by atoms with Gasteiger partial charge < -0.3 is 10.6 Å². The number of amides is 1. The maximum atomic E-state index is 12.1. The van der Waals surface area contributed by atoms with E-state index in [1.807, 2.05) is 23.9 Å². The van der Waals surface area contributed by atoms with E-state index in [4.69, 9.17) is 0 Å². The summed E-state index contributed by atoms with van der Waals surface area (Å²) in [7, 11) is 0. The minimum atomic E-state index is 0. The Morgan fingerprint density at radius 2 is 2.42 bits per heavy atom. The lowest BCUT2D eigenvalue weighted by Crippen LogP contribution is -2.38. The number of fused-ring (bicyclic) bond motifs is 2. The van der Waals surface area contributed by atoms with Crippen LogP contribution in [0.1, 0.15) is 18.5 Å². The molecule has 2 bridgehead atoms. The predicted octanol–water partition coefficient (Wildman–Crippen LogP) is 0.728. The molecule has 1 aliphatic heterocycles. The molecule has 2 aliphatic rings. The average Bonchev–Trinajstić information content (AvgIpc) is 3.04. The minimum absolute atomic E-state index is 0. The zero-order valence-electron chi connectivity index (χ0n) is 11.1. The van der Waals surface area contributed by atoms with Gasteiger partial charge in [0.25, 0.3) is 0 Å². The third kappa shape index (κ3) is 2.92. The Balaban J connectivity index is 0.00000133. The molecule has 19 heavy (non-hydrogen) atoms.